The third-order valence-corrected chi connectivity index (χ3v) is 4.69. The van der Waals surface area contributed by atoms with Gasteiger partial charge in [-0.25, -0.2) is 9.78 Å². The van der Waals surface area contributed by atoms with Crippen LogP contribution in [-0.4, -0.2) is 36.7 Å². The maximum absolute atomic E-state index is 12.6. The minimum absolute atomic E-state index is 0.0572. The molecule has 1 aromatic carbocycles. The number of urea groups is 1. The lowest BCUT2D eigenvalue weighted by atomic mass is 10.1. The lowest BCUT2D eigenvalue weighted by Crippen LogP contribution is -2.43. The number of aryl methyl sites for hydroxylation is 1. The largest absolute Gasteiger partial charge is 0.417 e. The Kier molecular flexibility index (Phi) is 6.38. The van der Waals surface area contributed by atoms with Crippen LogP contribution in [-0.2, 0) is 12.6 Å². The average Bonchev–Trinajstić information content (AvgIpc) is 3.14. The van der Waals surface area contributed by atoms with Crippen LogP contribution in [0.1, 0.15) is 24.0 Å². The SMILES string of the molecule is O=C(NCCCc1ccccc1)NC1CCN(c2ccc(C(F)(F)F)cn2)C1. The molecule has 1 aromatic heterocycles. The monoisotopic (exact) mass is 392 g/mol. The van der Waals surface area contributed by atoms with Crippen molar-refractivity contribution in [2.24, 2.45) is 0 Å². The summed E-state index contributed by atoms with van der Waals surface area (Å²) in [6.45, 7) is 1.74. The first-order valence-corrected chi connectivity index (χ1v) is 9.28. The number of amides is 2. The Morgan fingerprint density at radius 1 is 1.18 bits per heavy atom. The summed E-state index contributed by atoms with van der Waals surface area (Å²) in [5, 5.41) is 5.76. The molecular weight excluding hydrogens is 369 g/mol. The number of benzene rings is 1. The number of carbonyl (C=O) groups is 1. The molecule has 2 N–H and O–H groups in total. The fraction of sp³-hybridized carbons (Fsp3) is 0.400. The highest BCUT2D eigenvalue weighted by atomic mass is 19.4. The van der Waals surface area contributed by atoms with E-state index in [4.69, 9.17) is 0 Å². The Labute approximate surface area is 162 Å². The summed E-state index contributed by atoms with van der Waals surface area (Å²) in [6, 6.07) is 12.2. The van der Waals surface area contributed by atoms with Gasteiger partial charge in [0.05, 0.1) is 5.56 Å². The van der Waals surface area contributed by atoms with Gasteiger partial charge in [0, 0.05) is 31.9 Å². The number of hydrogen-bond acceptors (Lipinski definition) is 3. The van der Waals surface area contributed by atoms with E-state index in [9.17, 15) is 18.0 Å². The molecule has 150 valence electrons. The van der Waals surface area contributed by atoms with Crippen molar-refractivity contribution in [1.82, 2.24) is 15.6 Å². The van der Waals surface area contributed by atoms with Gasteiger partial charge in [0.25, 0.3) is 0 Å². The smallest absolute Gasteiger partial charge is 0.354 e. The second kappa shape index (κ2) is 8.95. The topological polar surface area (TPSA) is 57.3 Å². The van der Waals surface area contributed by atoms with E-state index in [2.05, 4.69) is 27.8 Å². The second-order valence-corrected chi connectivity index (χ2v) is 6.82. The zero-order valence-electron chi connectivity index (χ0n) is 15.4. The van der Waals surface area contributed by atoms with Crippen LogP contribution in [0.2, 0.25) is 0 Å². The first-order valence-electron chi connectivity index (χ1n) is 9.28. The van der Waals surface area contributed by atoms with E-state index < -0.39 is 11.7 Å². The molecule has 28 heavy (non-hydrogen) atoms. The molecule has 2 heterocycles. The van der Waals surface area contributed by atoms with Crippen LogP contribution in [0.15, 0.2) is 48.7 Å². The molecule has 0 aliphatic carbocycles. The number of carbonyl (C=O) groups excluding carboxylic acids is 1. The highest BCUT2D eigenvalue weighted by Gasteiger charge is 2.31. The maximum Gasteiger partial charge on any atom is 0.417 e. The first kappa shape index (κ1) is 20.0. The molecule has 3 rings (SSSR count). The molecule has 0 saturated carbocycles. The summed E-state index contributed by atoms with van der Waals surface area (Å²) in [4.78, 5) is 17.8. The van der Waals surface area contributed by atoms with Crippen molar-refractivity contribution >= 4 is 11.8 Å². The van der Waals surface area contributed by atoms with Crippen molar-refractivity contribution < 1.29 is 18.0 Å². The normalized spacial score (nSPS) is 16.8. The van der Waals surface area contributed by atoms with Crippen LogP contribution in [0.3, 0.4) is 0 Å². The molecule has 1 fully saturated rings. The number of hydrogen-bond donors (Lipinski definition) is 2. The molecule has 0 radical (unpaired) electrons. The minimum Gasteiger partial charge on any atom is -0.354 e. The van der Waals surface area contributed by atoms with Crippen LogP contribution in [0, 0.1) is 0 Å². The molecule has 0 bridgehead atoms. The number of halogens is 3. The molecular formula is C20H23F3N4O. The Balaban J connectivity index is 1.38. The predicted octanol–water partition coefficient (Wildman–Crippen LogP) is 3.61. The van der Waals surface area contributed by atoms with Gasteiger partial charge in [0.2, 0.25) is 0 Å². The van der Waals surface area contributed by atoms with Gasteiger partial charge in [-0.3, -0.25) is 0 Å². The molecule has 1 aliphatic rings. The van der Waals surface area contributed by atoms with Crippen molar-refractivity contribution in [2.45, 2.75) is 31.5 Å². The highest BCUT2D eigenvalue weighted by Crippen LogP contribution is 2.29. The van der Waals surface area contributed by atoms with E-state index in [1.165, 1.54) is 11.6 Å². The summed E-state index contributed by atoms with van der Waals surface area (Å²) in [5.41, 5.74) is 0.472. The van der Waals surface area contributed by atoms with Gasteiger partial charge in [0.1, 0.15) is 5.82 Å². The lowest BCUT2D eigenvalue weighted by molar-refractivity contribution is -0.137. The summed E-state index contributed by atoms with van der Waals surface area (Å²) < 4.78 is 37.9. The molecule has 1 aliphatic heterocycles. The number of anilines is 1. The quantitative estimate of drug-likeness (QED) is 0.739. The van der Waals surface area contributed by atoms with Gasteiger partial charge < -0.3 is 15.5 Å². The average molecular weight is 392 g/mol. The van der Waals surface area contributed by atoms with Crippen molar-refractivity contribution in [3.05, 3.63) is 59.8 Å². The van der Waals surface area contributed by atoms with E-state index in [0.717, 1.165) is 31.5 Å². The van der Waals surface area contributed by atoms with Crippen molar-refractivity contribution in [1.29, 1.82) is 0 Å². The number of rotatable bonds is 6. The van der Waals surface area contributed by atoms with Crippen LogP contribution >= 0.6 is 0 Å². The van der Waals surface area contributed by atoms with Crippen molar-refractivity contribution in [2.75, 3.05) is 24.5 Å². The summed E-state index contributed by atoms with van der Waals surface area (Å²) in [5.74, 6) is 0.487. The Morgan fingerprint density at radius 2 is 1.96 bits per heavy atom. The van der Waals surface area contributed by atoms with E-state index in [-0.39, 0.29) is 12.1 Å². The Bertz CT molecular complexity index is 765. The first-order chi connectivity index (χ1) is 13.4. The van der Waals surface area contributed by atoms with Gasteiger partial charge in [-0.1, -0.05) is 30.3 Å². The number of aromatic nitrogens is 1. The molecule has 1 atom stereocenters. The Morgan fingerprint density at radius 3 is 2.64 bits per heavy atom. The van der Waals surface area contributed by atoms with E-state index >= 15 is 0 Å². The van der Waals surface area contributed by atoms with Crippen LogP contribution < -0.4 is 15.5 Å². The van der Waals surface area contributed by atoms with Gasteiger partial charge >= 0.3 is 12.2 Å². The molecule has 5 nitrogen and oxygen atoms in total. The van der Waals surface area contributed by atoms with E-state index in [1.54, 1.807) is 0 Å². The Hall–Kier alpha value is -2.77. The maximum atomic E-state index is 12.6. The van der Waals surface area contributed by atoms with Gasteiger partial charge in [-0.05, 0) is 37.0 Å². The minimum atomic E-state index is -4.39. The molecule has 1 saturated heterocycles. The van der Waals surface area contributed by atoms with Gasteiger partial charge in [-0.2, -0.15) is 13.2 Å². The van der Waals surface area contributed by atoms with E-state index in [1.807, 2.05) is 23.1 Å². The fourth-order valence-electron chi connectivity index (χ4n) is 3.20. The second-order valence-electron chi connectivity index (χ2n) is 6.82. The zero-order chi connectivity index (χ0) is 20.0. The third kappa shape index (κ3) is 5.61. The van der Waals surface area contributed by atoms with Crippen LogP contribution in [0.25, 0.3) is 0 Å². The molecule has 2 amide bonds. The number of pyridine rings is 1. The summed E-state index contributed by atoms with van der Waals surface area (Å²) in [7, 11) is 0. The van der Waals surface area contributed by atoms with Crippen LogP contribution in [0.4, 0.5) is 23.8 Å². The third-order valence-electron chi connectivity index (χ3n) is 4.69. The molecule has 1 unspecified atom stereocenters. The molecule has 2 aromatic rings. The number of nitrogens with one attached hydrogen (secondary N) is 2. The number of nitrogens with zero attached hydrogens (tertiary/aromatic N) is 2. The molecule has 8 heteroatoms. The van der Waals surface area contributed by atoms with Gasteiger partial charge in [0.15, 0.2) is 0 Å². The predicted molar refractivity (Wildman–Crippen MR) is 101 cm³/mol. The fourth-order valence-corrected chi connectivity index (χ4v) is 3.20. The molecule has 0 spiro atoms. The van der Waals surface area contributed by atoms with Crippen molar-refractivity contribution in [3.63, 3.8) is 0 Å². The highest BCUT2D eigenvalue weighted by molar-refractivity contribution is 5.74. The summed E-state index contributed by atoms with van der Waals surface area (Å²) in [6.07, 6.45) is -1.07. The number of alkyl halides is 3. The van der Waals surface area contributed by atoms with Crippen LogP contribution in [0.5, 0.6) is 0 Å². The summed E-state index contributed by atoms with van der Waals surface area (Å²) >= 11 is 0. The van der Waals surface area contributed by atoms with Gasteiger partial charge in [-0.15, -0.1) is 0 Å². The standard InChI is InChI=1S/C20H23F3N4O/c21-20(22,23)16-8-9-18(25-13-16)27-12-10-17(14-27)26-19(28)24-11-4-7-15-5-2-1-3-6-15/h1-3,5-6,8-9,13,17H,4,7,10-12,14H2,(H2,24,26,28). The zero-order valence-corrected chi connectivity index (χ0v) is 15.4. The van der Waals surface area contributed by atoms with E-state index in [0.29, 0.717) is 25.5 Å². The lowest BCUT2D eigenvalue weighted by Gasteiger charge is -2.18. The van der Waals surface area contributed by atoms with Crippen molar-refractivity contribution in [3.8, 4) is 0 Å².